The van der Waals surface area contributed by atoms with Crippen molar-refractivity contribution >= 4 is 18.7 Å². The Hall–Kier alpha value is -1.62. The number of rotatable bonds is 4. The highest BCUT2D eigenvalue weighted by Crippen LogP contribution is 2.17. The van der Waals surface area contributed by atoms with Gasteiger partial charge in [-0.25, -0.2) is 4.79 Å². The van der Waals surface area contributed by atoms with Gasteiger partial charge in [0.1, 0.15) is 11.5 Å². The molecule has 0 aromatic heterocycles. The summed E-state index contributed by atoms with van der Waals surface area (Å²) in [5, 5.41) is 2.04. The number of ether oxygens (including phenoxy) is 2. The Balaban J connectivity index is 2.52. The van der Waals surface area contributed by atoms with Crippen molar-refractivity contribution in [3.8, 4) is 11.5 Å². The Kier molecular flexibility index (Phi) is 4.72. The highest BCUT2D eigenvalue weighted by Gasteiger charge is 2.06. The Morgan fingerprint density at radius 1 is 1.44 bits per heavy atom. The lowest BCUT2D eigenvalue weighted by Crippen LogP contribution is -2.31. The van der Waals surface area contributed by atoms with Gasteiger partial charge in [-0.15, -0.1) is 6.58 Å². The van der Waals surface area contributed by atoms with E-state index in [0.717, 1.165) is 0 Å². The van der Waals surface area contributed by atoms with Crippen molar-refractivity contribution < 1.29 is 14.3 Å². The van der Waals surface area contributed by atoms with E-state index in [1.54, 1.807) is 31.4 Å². The van der Waals surface area contributed by atoms with Crippen molar-refractivity contribution in [2.24, 2.45) is 0 Å². The molecule has 0 aliphatic heterocycles. The van der Waals surface area contributed by atoms with Crippen LogP contribution in [0, 0.1) is 0 Å². The molecule has 1 atom stereocenters. The van der Waals surface area contributed by atoms with E-state index in [1.165, 1.54) is 6.08 Å². The number of benzene rings is 1. The molecule has 0 heterocycles. The molecule has 1 aromatic carbocycles. The van der Waals surface area contributed by atoms with Crippen LogP contribution < -0.4 is 14.8 Å². The third-order valence-corrected chi connectivity index (χ3v) is 2.10. The molecule has 1 rings (SSSR count). The molecule has 4 nitrogen and oxygen atoms in total. The van der Waals surface area contributed by atoms with Crippen molar-refractivity contribution in [1.29, 1.82) is 0 Å². The minimum absolute atomic E-state index is 0.425. The lowest BCUT2D eigenvalue weighted by Gasteiger charge is -2.09. The molecule has 16 heavy (non-hydrogen) atoms. The van der Waals surface area contributed by atoms with Crippen molar-refractivity contribution in [3.63, 3.8) is 0 Å². The largest absolute Gasteiger partial charge is 0.497 e. The maximum absolute atomic E-state index is 11.3. The van der Waals surface area contributed by atoms with Gasteiger partial charge in [0, 0.05) is 0 Å². The molecule has 86 valence electrons. The SMILES string of the molecule is C=CC(S)NC(=O)Oc1ccc(OC)cc1. The summed E-state index contributed by atoms with van der Waals surface area (Å²) < 4.78 is 9.96. The zero-order valence-electron chi connectivity index (χ0n) is 8.84. The Labute approximate surface area is 99.7 Å². The molecule has 1 unspecified atom stereocenters. The summed E-state index contributed by atoms with van der Waals surface area (Å²) in [5.41, 5.74) is 0. The molecule has 1 N–H and O–H groups in total. The molecule has 0 fully saturated rings. The second kappa shape index (κ2) is 6.07. The minimum atomic E-state index is -0.579. The van der Waals surface area contributed by atoms with Crippen LogP contribution in [-0.4, -0.2) is 18.6 Å². The Morgan fingerprint density at radius 3 is 2.50 bits per heavy atom. The molecule has 5 heteroatoms. The fourth-order valence-corrected chi connectivity index (χ4v) is 1.07. The normalized spacial score (nSPS) is 11.4. The van der Waals surface area contributed by atoms with Gasteiger partial charge in [0.15, 0.2) is 0 Å². The standard InChI is InChI=1S/C11H13NO3S/c1-3-10(16)12-11(13)15-9-6-4-8(14-2)5-7-9/h3-7,10,16H,1H2,2H3,(H,12,13). The van der Waals surface area contributed by atoms with E-state index >= 15 is 0 Å². The molecule has 0 saturated carbocycles. The van der Waals surface area contributed by atoms with E-state index in [0.29, 0.717) is 11.5 Å². The zero-order valence-corrected chi connectivity index (χ0v) is 9.74. The molecule has 0 radical (unpaired) electrons. The van der Waals surface area contributed by atoms with Gasteiger partial charge in [-0.3, -0.25) is 0 Å². The van der Waals surface area contributed by atoms with Crippen molar-refractivity contribution in [3.05, 3.63) is 36.9 Å². The number of methoxy groups -OCH3 is 1. The van der Waals surface area contributed by atoms with Gasteiger partial charge in [-0.05, 0) is 24.3 Å². The third kappa shape index (κ3) is 3.86. The van der Waals surface area contributed by atoms with Gasteiger partial charge in [0.2, 0.25) is 0 Å². The van der Waals surface area contributed by atoms with Crippen molar-refractivity contribution in [2.45, 2.75) is 5.37 Å². The van der Waals surface area contributed by atoms with Crippen LogP contribution in [-0.2, 0) is 0 Å². The Bertz CT molecular complexity index is 364. The van der Waals surface area contributed by atoms with Crippen LogP contribution in [0.5, 0.6) is 11.5 Å². The van der Waals surface area contributed by atoms with Crippen LogP contribution in [0.3, 0.4) is 0 Å². The predicted octanol–water partition coefficient (Wildman–Crippen LogP) is 2.23. The van der Waals surface area contributed by atoms with Crippen LogP contribution in [0.15, 0.2) is 36.9 Å². The maximum Gasteiger partial charge on any atom is 0.413 e. The van der Waals surface area contributed by atoms with E-state index < -0.39 is 11.5 Å². The molecule has 0 aliphatic carbocycles. The highest BCUT2D eigenvalue weighted by molar-refractivity contribution is 7.81. The fraction of sp³-hybridized carbons (Fsp3) is 0.182. The topological polar surface area (TPSA) is 47.6 Å². The van der Waals surface area contributed by atoms with Gasteiger partial charge in [-0.2, -0.15) is 12.6 Å². The first kappa shape index (κ1) is 12.4. The van der Waals surface area contributed by atoms with Gasteiger partial charge < -0.3 is 14.8 Å². The Morgan fingerprint density at radius 2 is 2.00 bits per heavy atom. The molecule has 0 spiro atoms. The van der Waals surface area contributed by atoms with Gasteiger partial charge in [-0.1, -0.05) is 6.08 Å². The number of carbonyl (C=O) groups is 1. The van der Waals surface area contributed by atoms with E-state index in [1.807, 2.05) is 0 Å². The van der Waals surface area contributed by atoms with Crippen LogP contribution >= 0.6 is 12.6 Å². The second-order valence-corrected chi connectivity index (χ2v) is 3.45. The second-order valence-electron chi connectivity index (χ2n) is 2.89. The molecule has 0 aliphatic rings. The lowest BCUT2D eigenvalue weighted by atomic mass is 10.3. The predicted molar refractivity (Wildman–Crippen MR) is 65.1 cm³/mol. The summed E-state index contributed by atoms with van der Waals surface area (Å²) in [4.78, 5) is 11.3. The number of nitrogens with one attached hydrogen (secondary N) is 1. The average molecular weight is 239 g/mol. The number of carbonyl (C=O) groups excluding carboxylic acids is 1. The maximum atomic E-state index is 11.3. The lowest BCUT2D eigenvalue weighted by molar-refractivity contribution is 0.201. The van der Waals surface area contributed by atoms with E-state index in [9.17, 15) is 4.79 Å². The number of amides is 1. The average Bonchev–Trinajstić information content (AvgIpc) is 2.29. The molecular weight excluding hydrogens is 226 g/mol. The molecule has 0 bridgehead atoms. The summed E-state index contributed by atoms with van der Waals surface area (Å²) in [6.07, 6.45) is 0.906. The molecular formula is C11H13NO3S. The van der Waals surface area contributed by atoms with Gasteiger partial charge >= 0.3 is 6.09 Å². The van der Waals surface area contributed by atoms with E-state index in [4.69, 9.17) is 9.47 Å². The monoisotopic (exact) mass is 239 g/mol. The third-order valence-electron chi connectivity index (χ3n) is 1.76. The number of hydrogen-bond donors (Lipinski definition) is 2. The fourth-order valence-electron chi connectivity index (χ4n) is 0.960. The van der Waals surface area contributed by atoms with Crippen molar-refractivity contribution in [2.75, 3.05) is 7.11 Å². The first-order chi connectivity index (χ1) is 7.65. The molecule has 1 aromatic rings. The van der Waals surface area contributed by atoms with E-state index in [2.05, 4.69) is 24.5 Å². The van der Waals surface area contributed by atoms with E-state index in [-0.39, 0.29) is 0 Å². The number of hydrogen-bond acceptors (Lipinski definition) is 4. The van der Waals surface area contributed by atoms with Crippen LogP contribution in [0.25, 0.3) is 0 Å². The summed E-state index contributed by atoms with van der Waals surface area (Å²) in [7, 11) is 1.57. The number of thiol groups is 1. The first-order valence-corrected chi connectivity index (χ1v) is 5.10. The van der Waals surface area contributed by atoms with Gasteiger partial charge in [0.25, 0.3) is 0 Å². The quantitative estimate of drug-likeness (QED) is 0.481. The summed E-state index contributed by atoms with van der Waals surface area (Å²) >= 11 is 4.02. The zero-order chi connectivity index (χ0) is 12.0. The molecule has 0 saturated heterocycles. The summed E-state index contributed by atoms with van der Waals surface area (Å²) in [5.74, 6) is 1.13. The summed E-state index contributed by atoms with van der Waals surface area (Å²) in [6.45, 7) is 3.48. The first-order valence-electron chi connectivity index (χ1n) is 4.58. The summed E-state index contributed by atoms with van der Waals surface area (Å²) in [6, 6.07) is 6.68. The van der Waals surface area contributed by atoms with Crippen LogP contribution in [0.2, 0.25) is 0 Å². The smallest absolute Gasteiger partial charge is 0.413 e. The van der Waals surface area contributed by atoms with Crippen LogP contribution in [0.1, 0.15) is 0 Å². The van der Waals surface area contributed by atoms with Gasteiger partial charge in [0.05, 0.1) is 12.5 Å². The molecule has 1 amide bonds. The minimum Gasteiger partial charge on any atom is -0.497 e. The van der Waals surface area contributed by atoms with Crippen molar-refractivity contribution in [1.82, 2.24) is 5.32 Å². The van der Waals surface area contributed by atoms with Crippen LogP contribution in [0.4, 0.5) is 4.79 Å². The highest BCUT2D eigenvalue weighted by atomic mass is 32.1.